The first-order valence-electron chi connectivity index (χ1n) is 9.36. The maximum absolute atomic E-state index is 5.04. The first kappa shape index (κ1) is 18.9. The largest absolute Gasteiger partial charge is 0.424 e. The van der Waals surface area contributed by atoms with Crippen molar-refractivity contribution in [2.45, 2.75) is 96.8 Å². The van der Waals surface area contributed by atoms with Crippen molar-refractivity contribution in [2.75, 3.05) is 0 Å². The van der Waals surface area contributed by atoms with Crippen molar-refractivity contribution < 1.29 is 4.42 Å². The molecule has 1 rings (SSSR count). The van der Waals surface area contributed by atoms with Crippen LogP contribution in [0.3, 0.4) is 0 Å². The fourth-order valence-electron chi connectivity index (χ4n) is 2.72. The molecule has 1 aromatic rings. The summed E-state index contributed by atoms with van der Waals surface area (Å²) in [6, 6.07) is 0. The van der Waals surface area contributed by atoms with E-state index in [1.54, 1.807) is 0 Å². The van der Waals surface area contributed by atoms with E-state index in [1.165, 1.54) is 89.9 Å². The quantitative estimate of drug-likeness (QED) is 0.344. The molecule has 0 aromatic carbocycles. The minimum Gasteiger partial charge on any atom is -0.424 e. The maximum atomic E-state index is 5.04. The van der Waals surface area contributed by atoms with Gasteiger partial charge >= 0.3 is 0 Å². The van der Waals surface area contributed by atoms with Gasteiger partial charge in [-0.2, -0.15) is 0 Å². The summed E-state index contributed by atoms with van der Waals surface area (Å²) in [5, 5.41) is 7.46. The molecule has 0 atom stereocenters. The number of unbranched alkanes of at least 4 members (excludes halogenated alkanes) is 13. The van der Waals surface area contributed by atoms with Crippen molar-refractivity contribution in [3.05, 3.63) is 18.4 Å². The van der Waals surface area contributed by atoms with Gasteiger partial charge in [-0.3, -0.25) is 0 Å². The van der Waals surface area contributed by atoms with Gasteiger partial charge in [-0.1, -0.05) is 90.0 Å². The highest BCUT2D eigenvalue weighted by molar-refractivity contribution is 5.36. The van der Waals surface area contributed by atoms with Gasteiger partial charge < -0.3 is 4.42 Å². The minimum absolute atomic E-state index is 0.606. The molecule has 0 saturated carbocycles. The lowest BCUT2D eigenvalue weighted by molar-refractivity contribution is 0.539. The average molecular weight is 306 g/mol. The molecular formula is C19H34N2O. The van der Waals surface area contributed by atoms with Crippen molar-refractivity contribution in [1.82, 2.24) is 10.2 Å². The highest BCUT2D eigenvalue weighted by Crippen LogP contribution is 2.13. The third-order valence-electron chi connectivity index (χ3n) is 4.11. The normalized spacial score (nSPS) is 11.5. The molecule has 0 aliphatic rings. The van der Waals surface area contributed by atoms with Gasteiger partial charge in [-0.25, -0.2) is 0 Å². The highest BCUT2D eigenvalue weighted by Gasteiger charge is 1.94. The third kappa shape index (κ3) is 11.5. The fraction of sp³-hybridized carbons (Fsp3) is 0.789. The molecule has 0 N–H and O–H groups in total. The predicted octanol–water partition coefficient (Wildman–Crippen LogP) is 6.56. The fourth-order valence-corrected chi connectivity index (χ4v) is 2.72. The van der Waals surface area contributed by atoms with E-state index in [2.05, 4.69) is 23.2 Å². The van der Waals surface area contributed by atoms with E-state index in [0.717, 1.165) is 6.42 Å². The van der Waals surface area contributed by atoms with Crippen LogP contribution in [-0.4, -0.2) is 10.2 Å². The second-order valence-corrected chi connectivity index (χ2v) is 6.21. The third-order valence-corrected chi connectivity index (χ3v) is 4.11. The number of hydrogen-bond acceptors (Lipinski definition) is 3. The Morgan fingerprint density at radius 1 is 0.818 bits per heavy atom. The van der Waals surface area contributed by atoms with Crippen LogP contribution in [0.4, 0.5) is 0 Å². The second kappa shape index (κ2) is 14.8. The molecule has 0 unspecified atom stereocenters. The summed E-state index contributed by atoms with van der Waals surface area (Å²) >= 11 is 0. The predicted molar refractivity (Wildman–Crippen MR) is 93.6 cm³/mol. The molecular weight excluding hydrogens is 272 g/mol. The molecule has 0 amide bonds. The van der Waals surface area contributed by atoms with E-state index < -0.39 is 0 Å². The zero-order valence-electron chi connectivity index (χ0n) is 14.4. The molecule has 22 heavy (non-hydrogen) atoms. The van der Waals surface area contributed by atoms with E-state index in [1.807, 2.05) is 6.08 Å². The molecule has 3 nitrogen and oxygen atoms in total. The first-order valence-corrected chi connectivity index (χ1v) is 9.36. The van der Waals surface area contributed by atoms with Gasteiger partial charge in [0, 0.05) is 0 Å². The van der Waals surface area contributed by atoms with Crippen LogP contribution in [0.2, 0.25) is 0 Å². The SMILES string of the molecule is CCCCCCCCCCCCCCC/C=C/c1nnco1. The van der Waals surface area contributed by atoms with Crippen LogP contribution >= 0.6 is 0 Å². The summed E-state index contributed by atoms with van der Waals surface area (Å²) in [6.07, 6.45) is 24.8. The Labute approximate surface area is 136 Å². The average Bonchev–Trinajstić information content (AvgIpc) is 3.04. The van der Waals surface area contributed by atoms with Crippen LogP contribution in [0.15, 0.2) is 16.9 Å². The lowest BCUT2D eigenvalue weighted by atomic mass is 10.0. The van der Waals surface area contributed by atoms with Crippen LogP contribution in [-0.2, 0) is 0 Å². The molecule has 0 aliphatic heterocycles. The molecule has 3 heteroatoms. The maximum Gasteiger partial charge on any atom is 0.239 e. The van der Waals surface area contributed by atoms with E-state index in [4.69, 9.17) is 4.42 Å². The summed E-state index contributed by atoms with van der Waals surface area (Å²) < 4.78 is 5.04. The van der Waals surface area contributed by atoms with E-state index >= 15 is 0 Å². The number of nitrogens with zero attached hydrogens (tertiary/aromatic N) is 2. The number of aromatic nitrogens is 2. The summed E-state index contributed by atoms with van der Waals surface area (Å²) in [6.45, 7) is 2.28. The van der Waals surface area contributed by atoms with Gasteiger partial charge in [-0.05, 0) is 18.9 Å². The van der Waals surface area contributed by atoms with Crippen molar-refractivity contribution in [3.8, 4) is 0 Å². The van der Waals surface area contributed by atoms with Crippen LogP contribution < -0.4 is 0 Å². The zero-order valence-corrected chi connectivity index (χ0v) is 14.4. The van der Waals surface area contributed by atoms with Crippen LogP contribution in [0, 0.1) is 0 Å². The van der Waals surface area contributed by atoms with Crippen molar-refractivity contribution in [2.24, 2.45) is 0 Å². The summed E-state index contributed by atoms with van der Waals surface area (Å²) in [7, 11) is 0. The molecule has 1 aromatic heterocycles. The van der Waals surface area contributed by atoms with Crippen LogP contribution in [0.5, 0.6) is 0 Å². The van der Waals surface area contributed by atoms with Gasteiger partial charge in [0.05, 0.1) is 0 Å². The van der Waals surface area contributed by atoms with Crippen LogP contribution in [0.1, 0.15) is 103 Å². The van der Waals surface area contributed by atoms with Crippen molar-refractivity contribution in [1.29, 1.82) is 0 Å². The number of allylic oxidation sites excluding steroid dienone is 1. The Morgan fingerprint density at radius 3 is 1.86 bits per heavy atom. The smallest absolute Gasteiger partial charge is 0.239 e. The Balaban J connectivity index is 1.73. The Hall–Kier alpha value is -1.12. The van der Waals surface area contributed by atoms with E-state index in [-0.39, 0.29) is 0 Å². The summed E-state index contributed by atoms with van der Waals surface area (Å²) in [5.41, 5.74) is 0. The van der Waals surface area contributed by atoms with E-state index in [9.17, 15) is 0 Å². The van der Waals surface area contributed by atoms with Gasteiger partial charge in [0.2, 0.25) is 12.3 Å². The van der Waals surface area contributed by atoms with Gasteiger partial charge in [0.1, 0.15) is 0 Å². The van der Waals surface area contributed by atoms with Gasteiger partial charge in [0.15, 0.2) is 0 Å². The standard InChI is InChI=1S/C19H34N2O/c1-2-3-4-5-6-7-8-9-10-11-12-13-14-15-16-17-19-21-20-18-22-19/h16-18H,2-15H2,1H3/b17-16+. The molecule has 0 aliphatic carbocycles. The molecule has 1 heterocycles. The van der Waals surface area contributed by atoms with Crippen molar-refractivity contribution >= 4 is 6.08 Å². The monoisotopic (exact) mass is 306 g/mol. The second-order valence-electron chi connectivity index (χ2n) is 6.21. The summed E-state index contributed by atoms with van der Waals surface area (Å²) in [5.74, 6) is 0.606. The highest BCUT2D eigenvalue weighted by atomic mass is 16.4. The van der Waals surface area contributed by atoms with Gasteiger partial charge in [0.25, 0.3) is 0 Å². The number of hydrogen-bond donors (Lipinski definition) is 0. The molecule has 126 valence electrons. The molecule has 0 bridgehead atoms. The first-order chi connectivity index (χ1) is 10.9. The molecule has 0 fully saturated rings. The molecule has 0 spiro atoms. The lowest BCUT2D eigenvalue weighted by Crippen LogP contribution is -1.82. The molecule has 0 radical (unpaired) electrons. The van der Waals surface area contributed by atoms with Crippen LogP contribution in [0.25, 0.3) is 6.08 Å². The zero-order chi connectivity index (χ0) is 15.7. The Bertz CT molecular complexity index is 346. The number of rotatable bonds is 15. The van der Waals surface area contributed by atoms with Gasteiger partial charge in [-0.15, -0.1) is 10.2 Å². The van der Waals surface area contributed by atoms with E-state index in [0.29, 0.717) is 5.89 Å². The minimum atomic E-state index is 0.606. The van der Waals surface area contributed by atoms with Crippen molar-refractivity contribution in [3.63, 3.8) is 0 Å². The lowest BCUT2D eigenvalue weighted by Gasteiger charge is -2.02. The Morgan fingerprint density at radius 2 is 1.36 bits per heavy atom. The topological polar surface area (TPSA) is 38.9 Å². The Kier molecular flexibility index (Phi) is 12.7. The summed E-state index contributed by atoms with van der Waals surface area (Å²) in [4.78, 5) is 0. The molecule has 0 saturated heterocycles.